The van der Waals surface area contributed by atoms with Crippen LogP contribution in [0, 0.1) is 13.8 Å². The number of hydrogen-bond donors (Lipinski definition) is 1. The van der Waals surface area contributed by atoms with Crippen LogP contribution in [-0.4, -0.2) is 42.6 Å². The number of hydrogen-bond acceptors (Lipinski definition) is 7. The Balaban J connectivity index is 1.44. The van der Waals surface area contributed by atoms with Gasteiger partial charge in [-0.2, -0.15) is 14.3 Å². The van der Waals surface area contributed by atoms with Crippen LogP contribution in [0.3, 0.4) is 0 Å². The summed E-state index contributed by atoms with van der Waals surface area (Å²) in [5, 5.41) is 20.2. The van der Waals surface area contributed by atoms with Crippen LogP contribution in [0.25, 0.3) is 11.5 Å². The van der Waals surface area contributed by atoms with Crippen LogP contribution in [-0.2, 0) is 11.4 Å². The molecule has 0 saturated heterocycles. The number of nitrogens with one attached hydrogen (secondary N) is 1. The number of aryl methyl sites for hydroxylation is 2. The molecule has 6 rings (SSSR count). The smallest absolute Gasteiger partial charge is 0.226 e. The summed E-state index contributed by atoms with van der Waals surface area (Å²) < 4.78 is 15.3. The fourth-order valence-electron chi connectivity index (χ4n) is 4.85. The maximum absolute atomic E-state index is 13.0. The number of methoxy groups -OCH3 is 1. The van der Waals surface area contributed by atoms with Crippen LogP contribution < -0.4 is 14.8 Å². The number of carbonyl (C=O) groups is 1. The van der Waals surface area contributed by atoms with E-state index < -0.39 is 0 Å². The average molecular weight is 496 g/mol. The molecule has 1 atom stereocenters. The molecule has 37 heavy (non-hydrogen) atoms. The Morgan fingerprint density at radius 2 is 1.92 bits per heavy atom. The second-order valence-corrected chi connectivity index (χ2v) is 8.98. The van der Waals surface area contributed by atoms with E-state index in [1.807, 2.05) is 43.3 Å². The molecule has 10 heteroatoms. The summed E-state index contributed by atoms with van der Waals surface area (Å²) in [7, 11) is 1.62. The third kappa shape index (κ3) is 3.96. The van der Waals surface area contributed by atoms with Gasteiger partial charge in [0.2, 0.25) is 5.91 Å². The molecule has 0 bridgehead atoms. The molecule has 0 fully saturated rings. The van der Waals surface area contributed by atoms with Gasteiger partial charge >= 0.3 is 0 Å². The Bertz CT molecular complexity index is 1640. The normalized spacial score (nSPS) is 14.9. The molecule has 10 nitrogen and oxygen atoms in total. The van der Waals surface area contributed by atoms with E-state index in [9.17, 15) is 4.79 Å². The first-order chi connectivity index (χ1) is 18.0. The minimum absolute atomic E-state index is 0.114. The van der Waals surface area contributed by atoms with Crippen molar-refractivity contribution in [3.63, 3.8) is 0 Å². The van der Waals surface area contributed by atoms with Crippen molar-refractivity contribution in [3.05, 3.63) is 88.9 Å². The molecule has 0 saturated carbocycles. The highest BCUT2D eigenvalue weighted by atomic mass is 16.5. The Labute approximate surface area is 212 Å². The van der Waals surface area contributed by atoms with Gasteiger partial charge in [0.1, 0.15) is 18.8 Å². The second kappa shape index (κ2) is 9.05. The lowest BCUT2D eigenvalue weighted by atomic mass is 9.85. The van der Waals surface area contributed by atoms with E-state index in [0.717, 1.165) is 27.9 Å². The van der Waals surface area contributed by atoms with Crippen molar-refractivity contribution in [1.82, 2.24) is 29.6 Å². The van der Waals surface area contributed by atoms with Gasteiger partial charge in [-0.25, -0.2) is 0 Å². The molecular weight excluding hydrogens is 470 g/mol. The topological polar surface area (TPSA) is 108 Å². The predicted octanol–water partition coefficient (Wildman–Crippen LogP) is 3.99. The first kappa shape index (κ1) is 22.7. The molecule has 5 aromatic rings. The van der Waals surface area contributed by atoms with Crippen LogP contribution in [0.4, 0.5) is 5.82 Å². The summed E-state index contributed by atoms with van der Waals surface area (Å²) in [5.41, 5.74) is 5.43. The second-order valence-electron chi connectivity index (χ2n) is 8.98. The summed E-state index contributed by atoms with van der Waals surface area (Å²) in [4.78, 5) is 13.0. The molecule has 3 aromatic heterocycles. The summed E-state index contributed by atoms with van der Waals surface area (Å²) >= 11 is 0. The lowest BCUT2D eigenvalue weighted by Crippen LogP contribution is -2.25. The summed E-state index contributed by atoms with van der Waals surface area (Å²) in [6.45, 7) is 4.38. The van der Waals surface area contributed by atoms with E-state index in [4.69, 9.17) is 14.6 Å². The van der Waals surface area contributed by atoms with Crippen molar-refractivity contribution < 1.29 is 14.3 Å². The van der Waals surface area contributed by atoms with Gasteiger partial charge in [-0.3, -0.25) is 4.79 Å². The Hall–Kier alpha value is -4.73. The molecule has 4 heterocycles. The van der Waals surface area contributed by atoms with Gasteiger partial charge in [0.25, 0.3) is 0 Å². The number of amides is 1. The number of anilines is 1. The molecule has 0 unspecified atom stereocenters. The zero-order valence-corrected chi connectivity index (χ0v) is 20.7. The fourth-order valence-corrected chi connectivity index (χ4v) is 4.85. The van der Waals surface area contributed by atoms with Gasteiger partial charge in [-0.05, 0) is 43.2 Å². The molecule has 1 amide bonds. The van der Waals surface area contributed by atoms with E-state index in [-0.39, 0.29) is 18.2 Å². The van der Waals surface area contributed by atoms with Crippen LogP contribution in [0.1, 0.15) is 40.3 Å². The van der Waals surface area contributed by atoms with Crippen molar-refractivity contribution in [1.29, 1.82) is 0 Å². The molecule has 0 radical (unpaired) electrons. The zero-order chi connectivity index (χ0) is 25.5. The third-order valence-electron chi connectivity index (χ3n) is 6.71. The molecule has 0 spiro atoms. The molecule has 1 N–H and O–H groups in total. The van der Waals surface area contributed by atoms with Crippen LogP contribution in [0.15, 0.2) is 60.9 Å². The van der Waals surface area contributed by atoms with E-state index in [2.05, 4.69) is 33.6 Å². The minimum Gasteiger partial charge on any atom is -0.493 e. The van der Waals surface area contributed by atoms with Crippen molar-refractivity contribution >= 4 is 17.4 Å². The van der Waals surface area contributed by atoms with Gasteiger partial charge in [0, 0.05) is 23.5 Å². The highest BCUT2D eigenvalue weighted by Crippen LogP contribution is 2.46. The Morgan fingerprint density at radius 3 is 2.76 bits per heavy atom. The summed E-state index contributed by atoms with van der Waals surface area (Å²) in [6.07, 6.45) is 1.78. The quantitative estimate of drug-likeness (QED) is 0.379. The van der Waals surface area contributed by atoms with Crippen molar-refractivity contribution in [2.24, 2.45) is 0 Å². The number of ether oxygens (including phenoxy) is 2. The predicted molar refractivity (Wildman–Crippen MR) is 136 cm³/mol. The number of para-hydroxylation sites is 1. The Kier molecular flexibility index (Phi) is 5.56. The minimum atomic E-state index is -0.280. The number of rotatable bonds is 6. The molecule has 0 aliphatic carbocycles. The highest BCUT2D eigenvalue weighted by Gasteiger charge is 2.35. The number of fused-ring (bicyclic) bond motifs is 2. The SMILES string of the molecule is COc1cccc([C@@H]2CC(=O)Nc3c2c(C)nn3-c2ccc3nncn3n2)c1OCc1ccccc1C. The third-order valence-corrected chi connectivity index (χ3v) is 6.71. The average Bonchev–Trinajstić information content (AvgIpc) is 3.51. The van der Waals surface area contributed by atoms with Crippen LogP contribution in [0.2, 0.25) is 0 Å². The number of benzene rings is 2. The Morgan fingerprint density at radius 1 is 1.05 bits per heavy atom. The van der Waals surface area contributed by atoms with Gasteiger partial charge < -0.3 is 14.8 Å². The maximum Gasteiger partial charge on any atom is 0.226 e. The number of nitrogens with zero attached hydrogens (tertiary/aromatic N) is 6. The standard InChI is InChI=1S/C27H25N7O3/c1-16-7-4-5-8-18(16)14-37-26-19(9-6-10-21(26)36-3)20-13-24(35)29-27-25(20)17(2)31-34(27)23-12-11-22-30-28-15-33(22)32-23/h4-12,15,20H,13-14H2,1-3H3,(H,29,35)/t20-/m0/s1. The van der Waals surface area contributed by atoms with Crippen molar-refractivity contribution in [2.45, 2.75) is 32.8 Å². The summed E-state index contributed by atoms with van der Waals surface area (Å²) in [5.74, 6) is 1.97. The van der Waals surface area contributed by atoms with E-state index in [0.29, 0.717) is 35.4 Å². The van der Waals surface area contributed by atoms with E-state index in [1.54, 1.807) is 28.4 Å². The maximum atomic E-state index is 13.0. The number of aromatic nitrogens is 6. The van der Waals surface area contributed by atoms with Crippen molar-refractivity contribution in [3.8, 4) is 17.3 Å². The van der Waals surface area contributed by atoms with Crippen LogP contribution in [0.5, 0.6) is 11.5 Å². The lowest BCUT2D eigenvalue weighted by Gasteiger charge is -2.26. The number of carbonyl (C=O) groups excluding carboxylic acids is 1. The van der Waals surface area contributed by atoms with Gasteiger partial charge in [-0.1, -0.05) is 36.4 Å². The molecular formula is C27H25N7O3. The molecule has 2 aromatic carbocycles. The summed E-state index contributed by atoms with van der Waals surface area (Å²) in [6, 6.07) is 17.5. The van der Waals surface area contributed by atoms with Gasteiger partial charge in [0.05, 0.1) is 12.8 Å². The van der Waals surface area contributed by atoms with Crippen molar-refractivity contribution in [2.75, 3.05) is 12.4 Å². The van der Waals surface area contributed by atoms with E-state index in [1.165, 1.54) is 6.33 Å². The lowest BCUT2D eigenvalue weighted by molar-refractivity contribution is -0.116. The first-order valence-corrected chi connectivity index (χ1v) is 11.9. The monoisotopic (exact) mass is 495 g/mol. The van der Waals surface area contributed by atoms with E-state index >= 15 is 0 Å². The van der Waals surface area contributed by atoms with Crippen LogP contribution >= 0.6 is 0 Å². The van der Waals surface area contributed by atoms with Gasteiger partial charge in [-0.15, -0.1) is 15.3 Å². The zero-order valence-electron chi connectivity index (χ0n) is 20.7. The largest absolute Gasteiger partial charge is 0.493 e. The first-order valence-electron chi connectivity index (χ1n) is 11.9. The van der Waals surface area contributed by atoms with Gasteiger partial charge in [0.15, 0.2) is 23.0 Å². The molecule has 1 aliphatic rings. The fraction of sp³-hybridized carbons (Fsp3) is 0.222. The molecule has 186 valence electrons. The highest BCUT2D eigenvalue weighted by molar-refractivity contribution is 5.95. The molecule has 1 aliphatic heterocycles.